The van der Waals surface area contributed by atoms with E-state index in [0.29, 0.717) is 11.6 Å². The molecule has 118 valence electrons. The van der Waals surface area contributed by atoms with Crippen molar-refractivity contribution in [3.8, 4) is 5.69 Å². The Morgan fingerprint density at radius 3 is 2.50 bits per heavy atom. The van der Waals surface area contributed by atoms with Crippen LogP contribution in [0.5, 0.6) is 0 Å². The maximum absolute atomic E-state index is 13.2. The Balaban J connectivity index is 2.52. The molecule has 0 radical (unpaired) electrons. The zero-order valence-corrected chi connectivity index (χ0v) is 13.5. The molecule has 22 heavy (non-hydrogen) atoms. The van der Waals surface area contributed by atoms with Crippen LogP contribution in [-0.4, -0.2) is 16.1 Å². The third-order valence-electron chi connectivity index (χ3n) is 4.17. The van der Waals surface area contributed by atoms with Crippen LogP contribution in [0, 0.1) is 12.7 Å². The van der Waals surface area contributed by atoms with Crippen molar-refractivity contribution in [2.24, 2.45) is 0 Å². The largest absolute Gasteiger partial charge is 0.296 e. The number of nitrogens with zero attached hydrogens (tertiary/aromatic N) is 2. The summed E-state index contributed by atoms with van der Waals surface area (Å²) >= 11 is 0. The minimum absolute atomic E-state index is 0.275. The van der Waals surface area contributed by atoms with Gasteiger partial charge in [0.2, 0.25) is 0 Å². The lowest BCUT2D eigenvalue weighted by Crippen LogP contribution is -2.08. The lowest BCUT2D eigenvalue weighted by Gasteiger charge is -2.18. The Kier molecular flexibility index (Phi) is 5.47. The molecule has 0 spiro atoms. The standard InChI is InChI=1S/C18H23FN2O/c1-4-6-7-14(5-2)18-13(3)17(12-22)20-21(18)16-10-8-15(19)9-11-16/h8-12,14H,4-7H2,1-3H3. The average Bonchev–Trinajstić information content (AvgIpc) is 2.86. The zero-order chi connectivity index (χ0) is 16.1. The summed E-state index contributed by atoms with van der Waals surface area (Å²) in [6.07, 6.45) is 5.14. The minimum atomic E-state index is -0.275. The van der Waals surface area contributed by atoms with Crippen LogP contribution in [0.15, 0.2) is 24.3 Å². The maximum Gasteiger partial charge on any atom is 0.170 e. The molecule has 1 aromatic heterocycles. The van der Waals surface area contributed by atoms with Crippen LogP contribution < -0.4 is 0 Å². The third kappa shape index (κ3) is 3.26. The van der Waals surface area contributed by atoms with Crippen molar-refractivity contribution in [2.75, 3.05) is 0 Å². The summed E-state index contributed by atoms with van der Waals surface area (Å²) < 4.78 is 15.0. The Labute approximate surface area is 131 Å². The van der Waals surface area contributed by atoms with Crippen molar-refractivity contribution in [1.82, 2.24) is 9.78 Å². The summed E-state index contributed by atoms with van der Waals surface area (Å²) in [7, 11) is 0. The summed E-state index contributed by atoms with van der Waals surface area (Å²) in [5.41, 5.74) is 3.27. The topological polar surface area (TPSA) is 34.9 Å². The van der Waals surface area contributed by atoms with Crippen LogP contribution in [-0.2, 0) is 0 Å². The van der Waals surface area contributed by atoms with E-state index < -0.39 is 0 Å². The van der Waals surface area contributed by atoms with Gasteiger partial charge in [0.25, 0.3) is 0 Å². The Bertz CT molecular complexity index is 631. The van der Waals surface area contributed by atoms with Gasteiger partial charge in [-0.15, -0.1) is 0 Å². The molecule has 0 aliphatic rings. The van der Waals surface area contributed by atoms with E-state index in [1.165, 1.54) is 12.1 Å². The van der Waals surface area contributed by atoms with Gasteiger partial charge in [0.05, 0.1) is 11.4 Å². The monoisotopic (exact) mass is 302 g/mol. The molecule has 1 heterocycles. The second kappa shape index (κ2) is 7.34. The molecule has 0 fully saturated rings. The summed E-state index contributed by atoms with van der Waals surface area (Å²) in [6.45, 7) is 6.27. The molecule has 1 atom stereocenters. The number of halogens is 1. The minimum Gasteiger partial charge on any atom is -0.296 e. The molecule has 0 aliphatic heterocycles. The summed E-state index contributed by atoms with van der Waals surface area (Å²) in [5.74, 6) is 0.0778. The molecule has 1 aromatic carbocycles. The maximum atomic E-state index is 13.2. The van der Waals surface area contributed by atoms with Gasteiger partial charge in [-0.05, 0) is 44.0 Å². The predicted molar refractivity (Wildman–Crippen MR) is 86.2 cm³/mol. The van der Waals surface area contributed by atoms with Crippen LogP contribution in [0.25, 0.3) is 5.69 Å². The number of carbonyl (C=O) groups is 1. The predicted octanol–water partition coefficient (Wildman–Crippen LogP) is 4.82. The molecule has 0 bridgehead atoms. The molecule has 3 nitrogen and oxygen atoms in total. The molecule has 0 saturated heterocycles. The van der Waals surface area contributed by atoms with Gasteiger partial charge in [-0.1, -0.05) is 26.7 Å². The molecule has 1 unspecified atom stereocenters. The van der Waals surface area contributed by atoms with Gasteiger partial charge in [-0.25, -0.2) is 9.07 Å². The molecular weight excluding hydrogens is 279 g/mol. The highest BCUT2D eigenvalue weighted by Gasteiger charge is 2.22. The van der Waals surface area contributed by atoms with Gasteiger partial charge in [0, 0.05) is 11.5 Å². The fourth-order valence-electron chi connectivity index (χ4n) is 2.88. The number of aldehydes is 1. The number of rotatable bonds is 7. The molecule has 0 saturated carbocycles. The van der Waals surface area contributed by atoms with Crippen LogP contribution >= 0.6 is 0 Å². The Morgan fingerprint density at radius 2 is 1.95 bits per heavy atom. The van der Waals surface area contributed by atoms with Gasteiger partial charge in [0.15, 0.2) is 6.29 Å². The first-order valence-corrected chi connectivity index (χ1v) is 7.92. The van der Waals surface area contributed by atoms with Crippen molar-refractivity contribution in [3.05, 3.63) is 47.0 Å². The Hall–Kier alpha value is -1.97. The molecular formula is C18H23FN2O. The van der Waals surface area contributed by atoms with Crippen LogP contribution in [0.3, 0.4) is 0 Å². The number of carbonyl (C=O) groups excluding carboxylic acids is 1. The average molecular weight is 302 g/mol. The van der Waals surface area contributed by atoms with E-state index in [0.717, 1.165) is 48.9 Å². The molecule has 0 aliphatic carbocycles. The SMILES string of the molecule is CCCCC(CC)c1c(C)c(C=O)nn1-c1ccc(F)cc1. The van der Waals surface area contributed by atoms with Crippen LogP contribution in [0.2, 0.25) is 0 Å². The fraction of sp³-hybridized carbons (Fsp3) is 0.444. The summed E-state index contributed by atoms with van der Waals surface area (Å²) in [4.78, 5) is 11.3. The molecule has 0 amide bonds. The van der Waals surface area contributed by atoms with Gasteiger partial charge in [0.1, 0.15) is 11.5 Å². The van der Waals surface area contributed by atoms with Crippen molar-refractivity contribution in [2.45, 2.75) is 52.4 Å². The van der Waals surface area contributed by atoms with Gasteiger partial charge >= 0.3 is 0 Å². The number of unbranched alkanes of at least 4 members (excludes halogenated alkanes) is 1. The van der Waals surface area contributed by atoms with E-state index >= 15 is 0 Å². The second-order valence-electron chi connectivity index (χ2n) is 5.65. The fourth-order valence-corrected chi connectivity index (χ4v) is 2.88. The van der Waals surface area contributed by atoms with E-state index in [2.05, 4.69) is 18.9 Å². The lowest BCUT2D eigenvalue weighted by atomic mass is 9.92. The van der Waals surface area contributed by atoms with E-state index in [4.69, 9.17) is 0 Å². The van der Waals surface area contributed by atoms with E-state index in [1.807, 2.05) is 11.6 Å². The molecule has 4 heteroatoms. The first-order valence-electron chi connectivity index (χ1n) is 7.92. The smallest absolute Gasteiger partial charge is 0.170 e. The van der Waals surface area contributed by atoms with Crippen molar-refractivity contribution >= 4 is 6.29 Å². The summed E-state index contributed by atoms with van der Waals surface area (Å²) in [6, 6.07) is 6.24. The molecule has 2 aromatic rings. The van der Waals surface area contributed by atoms with Gasteiger partial charge in [-0.3, -0.25) is 4.79 Å². The number of hydrogen-bond donors (Lipinski definition) is 0. The van der Waals surface area contributed by atoms with E-state index in [-0.39, 0.29) is 5.82 Å². The van der Waals surface area contributed by atoms with Gasteiger partial charge < -0.3 is 0 Å². The highest BCUT2D eigenvalue weighted by molar-refractivity contribution is 5.75. The van der Waals surface area contributed by atoms with Crippen LogP contribution in [0.1, 0.15) is 67.2 Å². The van der Waals surface area contributed by atoms with Crippen LogP contribution in [0.4, 0.5) is 4.39 Å². The molecule has 0 N–H and O–H groups in total. The zero-order valence-electron chi connectivity index (χ0n) is 13.5. The van der Waals surface area contributed by atoms with Crippen molar-refractivity contribution < 1.29 is 9.18 Å². The van der Waals surface area contributed by atoms with E-state index in [9.17, 15) is 9.18 Å². The summed E-state index contributed by atoms with van der Waals surface area (Å²) in [5, 5.41) is 4.43. The lowest BCUT2D eigenvalue weighted by molar-refractivity contribution is 0.111. The van der Waals surface area contributed by atoms with E-state index in [1.54, 1.807) is 12.1 Å². The van der Waals surface area contributed by atoms with Crippen molar-refractivity contribution in [1.29, 1.82) is 0 Å². The first kappa shape index (κ1) is 16.4. The Morgan fingerprint density at radius 1 is 1.27 bits per heavy atom. The number of hydrogen-bond acceptors (Lipinski definition) is 2. The van der Waals surface area contributed by atoms with Gasteiger partial charge in [-0.2, -0.15) is 5.10 Å². The van der Waals surface area contributed by atoms with Crippen molar-refractivity contribution in [3.63, 3.8) is 0 Å². The highest BCUT2D eigenvalue weighted by atomic mass is 19.1. The highest BCUT2D eigenvalue weighted by Crippen LogP contribution is 2.31. The second-order valence-corrected chi connectivity index (χ2v) is 5.65. The first-order chi connectivity index (χ1) is 10.6. The quantitative estimate of drug-likeness (QED) is 0.687. The third-order valence-corrected chi connectivity index (χ3v) is 4.17. The molecule has 2 rings (SSSR count). The number of aromatic nitrogens is 2. The number of benzene rings is 1. The normalized spacial score (nSPS) is 12.4.